The molecule has 3 heteroatoms. The van der Waals surface area contributed by atoms with Gasteiger partial charge in [-0.25, -0.2) is 0 Å². The average molecular weight is 287 g/mol. The Bertz CT molecular complexity index is 389. The summed E-state index contributed by atoms with van der Waals surface area (Å²) < 4.78 is 0. The minimum atomic E-state index is 0.465. The summed E-state index contributed by atoms with van der Waals surface area (Å²) in [6.07, 6.45) is 1.09. The van der Waals surface area contributed by atoms with Gasteiger partial charge in [-0.05, 0) is 46.7 Å². The molecule has 0 saturated heterocycles. The Morgan fingerprint density at radius 1 is 1.43 bits per heavy atom. The van der Waals surface area contributed by atoms with Crippen LogP contribution in [0.3, 0.4) is 0 Å². The molecule has 0 aliphatic heterocycles. The maximum Gasteiger partial charge on any atom is 0.0454 e. The van der Waals surface area contributed by atoms with E-state index in [-0.39, 0.29) is 0 Å². The van der Waals surface area contributed by atoms with Gasteiger partial charge >= 0.3 is 0 Å². The Morgan fingerprint density at radius 3 is 2.86 bits per heavy atom. The molecule has 0 aliphatic carbocycles. The highest BCUT2D eigenvalue weighted by Gasteiger charge is 2.11. The second kappa shape index (κ2) is 4.60. The molecule has 2 heterocycles. The van der Waals surface area contributed by atoms with Crippen molar-refractivity contribution in [3.8, 4) is 0 Å². The number of aryl methyl sites for hydroxylation is 1. The molecule has 1 unspecified atom stereocenters. The van der Waals surface area contributed by atoms with Gasteiger partial charge in [0.05, 0.1) is 0 Å². The van der Waals surface area contributed by atoms with Crippen LogP contribution in [-0.4, -0.2) is 0 Å². The molecule has 0 amide bonds. The molecule has 0 saturated carbocycles. The highest BCUT2D eigenvalue weighted by molar-refractivity contribution is 9.09. The van der Waals surface area contributed by atoms with E-state index in [0.29, 0.717) is 4.83 Å². The van der Waals surface area contributed by atoms with Crippen LogP contribution in [0.4, 0.5) is 0 Å². The van der Waals surface area contributed by atoms with Crippen LogP contribution in [-0.2, 0) is 6.42 Å². The minimum absolute atomic E-state index is 0.465. The zero-order chi connectivity index (χ0) is 9.97. The Hall–Kier alpha value is -0.120. The van der Waals surface area contributed by atoms with Crippen LogP contribution in [0.15, 0.2) is 28.3 Å². The van der Waals surface area contributed by atoms with Crippen LogP contribution < -0.4 is 0 Å². The SMILES string of the molecule is Cc1cscc1C(Br)Cc1cccs1. The summed E-state index contributed by atoms with van der Waals surface area (Å²) in [7, 11) is 0. The normalized spacial score (nSPS) is 13.0. The van der Waals surface area contributed by atoms with Crippen LogP contribution >= 0.6 is 38.6 Å². The lowest BCUT2D eigenvalue weighted by atomic mass is 10.1. The van der Waals surface area contributed by atoms with Crippen LogP contribution in [0.1, 0.15) is 20.8 Å². The van der Waals surface area contributed by atoms with Crippen molar-refractivity contribution in [1.29, 1.82) is 0 Å². The maximum absolute atomic E-state index is 3.75. The van der Waals surface area contributed by atoms with E-state index >= 15 is 0 Å². The first-order valence-electron chi connectivity index (χ1n) is 4.46. The molecule has 2 aromatic rings. The minimum Gasteiger partial charge on any atom is -0.152 e. The third-order valence-electron chi connectivity index (χ3n) is 2.19. The molecule has 0 bridgehead atoms. The third kappa shape index (κ3) is 2.27. The Kier molecular flexibility index (Phi) is 3.42. The van der Waals surface area contributed by atoms with E-state index in [2.05, 4.69) is 51.1 Å². The van der Waals surface area contributed by atoms with Crippen LogP contribution in [0.25, 0.3) is 0 Å². The molecule has 2 aromatic heterocycles. The lowest BCUT2D eigenvalue weighted by Gasteiger charge is -2.07. The van der Waals surface area contributed by atoms with E-state index < -0.39 is 0 Å². The molecule has 1 atom stereocenters. The predicted octanol–water partition coefficient (Wildman–Crippen LogP) is 4.80. The smallest absolute Gasteiger partial charge is 0.0454 e. The van der Waals surface area contributed by atoms with Crippen molar-refractivity contribution in [2.75, 3.05) is 0 Å². The zero-order valence-corrected chi connectivity index (χ0v) is 11.1. The first-order valence-corrected chi connectivity index (χ1v) is 7.20. The van der Waals surface area contributed by atoms with Gasteiger partial charge in [0, 0.05) is 9.70 Å². The molecule has 14 heavy (non-hydrogen) atoms. The fourth-order valence-electron chi connectivity index (χ4n) is 1.41. The summed E-state index contributed by atoms with van der Waals surface area (Å²) in [4.78, 5) is 1.91. The Morgan fingerprint density at radius 2 is 2.29 bits per heavy atom. The van der Waals surface area contributed by atoms with E-state index in [4.69, 9.17) is 0 Å². The highest BCUT2D eigenvalue weighted by atomic mass is 79.9. The number of thiophene rings is 2. The molecule has 0 aliphatic rings. The highest BCUT2D eigenvalue weighted by Crippen LogP contribution is 2.32. The number of hydrogen-bond acceptors (Lipinski definition) is 2. The fraction of sp³-hybridized carbons (Fsp3) is 0.273. The summed E-state index contributed by atoms with van der Waals surface area (Å²) in [6, 6.07) is 4.31. The van der Waals surface area contributed by atoms with Gasteiger partial charge < -0.3 is 0 Å². The molecular weight excluding hydrogens is 276 g/mol. The van der Waals surface area contributed by atoms with Crippen molar-refractivity contribution in [3.05, 3.63) is 44.3 Å². The topological polar surface area (TPSA) is 0 Å². The lowest BCUT2D eigenvalue weighted by molar-refractivity contribution is 0.964. The Labute approximate surface area is 101 Å². The average Bonchev–Trinajstić information content (AvgIpc) is 2.75. The van der Waals surface area contributed by atoms with E-state index in [1.54, 1.807) is 11.3 Å². The Balaban J connectivity index is 2.10. The van der Waals surface area contributed by atoms with Gasteiger partial charge in [-0.1, -0.05) is 22.0 Å². The lowest BCUT2D eigenvalue weighted by Crippen LogP contribution is -1.93. The first-order chi connectivity index (χ1) is 6.77. The summed E-state index contributed by atoms with van der Waals surface area (Å²) in [5.41, 5.74) is 2.83. The van der Waals surface area contributed by atoms with E-state index in [0.717, 1.165) is 6.42 Å². The number of rotatable bonds is 3. The quantitative estimate of drug-likeness (QED) is 0.711. The second-order valence-corrected chi connectivity index (χ2v) is 6.14. The van der Waals surface area contributed by atoms with Gasteiger partial charge in [-0.2, -0.15) is 11.3 Å². The van der Waals surface area contributed by atoms with E-state index in [1.165, 1.54) is 16.0 Å². The summed E-state index contributed by atoms with van der Waals surface area (Å²) >= 11 is 7.36. The van der Waals surface area contributed by atoms with E-state index in [1.807, 2.05) is 11.3 Å². The molecular formula is C11H11BrS2. The largest absolute Gasteiger partial charge is 0.152 e. The molecule has 0 aromatic carbocycles. The van der Waals surface area contributed by atoms with Gasteiger partial charge in [0.2, 0.25) is 0 Å². The van der Waals surface area contributed by atoms with Gasteiger partial charge in [0.1, 0.15) is 0 Å². The zero-order valence-electron chi connectivity index (χ0n) is 7.87. The molecule has 0 nitrogen and oxygen atoms in total. The third-order valence-corrected chi connectivity index (χ3v) is 4.79. The summed E-state index contributed by atoms with van der Waals surface area (Å²) in [6.45, 7) is 2.18. The summed E-state index contributed by atoms with van der Waals surface area (Å²) in [5.74, 6) is 0. The molecule has 0 fully saturated rings. The number of alkyl halides is 1. The van der Waals surface area contributed by atoms with Gasteiger partial charge in [-0.3, -0.25) is 0 Å². The molecule has 0 N–H and O–H groups in total. The van der Waals surface area contributed by atoms with E-state index in [9.17, 15) is 0 Å². The van der Waals surface area contributed by atoms with Crippen molar-refractivity contribution in [3.63, 3.8) is 0 Å². The second-order valence-electron chi connectivity index (χ2n) is 3.26. The monoisotopic (exact) mass is 286 g/mol. The van der Waals surface area contributed by atoms with Crippen LogP contribution in [0.2, 0.25) is 0 Å². The number of hydrogen-bond donors (Lipinski definition) is 0. The van der Waals surface area contributed by atoms with Crippen LogP contribution in [0, 0.1) is 6.92 Å². The maximum atomic E-state index is 3.75. The molecule has 0 spiro atoms. The fourth-order valence-corrected chi connectivity index (χ4v) is 4.29. The van der Waals surface area contributed by atoms with Crippen molar-refractivity contribution in [2.24, 2.45) is 0 Å². The van der Waals surface area contributed by atoms with Crippen molar-refractivity contribution < 1.29 is 0 Å². The summed E-state index contributed by atoms with van der Waals surface area (Å²) in [5, 5.41) is 6.58. The van der Waals surface area contributed by atoms with Gasteiger partial charge in [0.25, 0.3) is 0 Å². The molecule has 74 valence electrons. The molecule has 2 rings (SSSR count). The molecule has 0 radical (unpaired) electrons. The van der Waals surface area contributed by atoms with Crippen LogP contribution in [0.5, 0.6) is 0 Å². The van der Waals surface area contributed by atoms with Gasteiger partial charge in [-0.15, -0.1) is 11.3 Å². The van der Waals surface area contributed by atoms with Crippen molar-refractivity contribution in [1.82, 2.24) is 0 Å². The first kappa shape index (κ1) is 10.4. The van der Waals surface area contributed by atoms with Crippen molar-refractivity contribution >= 4 is 38.6 Å². The predicted molar refractivity (Wildman–Crippen MR) is 68.7 cm³/mol. The number of halogens is 1. The van der Waals surface area contributed by atoms with Crippen molar-refractivity contribution in [2.45, 2.75) is 18.2 Å². The standard InChI is InChI=1S/C11H11BrS2/c1-8-6-13-7-10(8)11(12)5-9-3-2-4-14-9/h2-4,6-7,11H,5H2,1H3. The van der Waals surface area contributed by atoms with Gasteiger partial charge in [0.15, 0.2) is 0 Å².